The predicted molar refractivity (Wildman–Crippen MR) is 111 cm³/mol. The number of alkyl halides is 3. The van der Waals surface area contributed by atoms with Crippen molar-refractivity contribution in [3.05, 3.63) is 54.0 Å². The van der Waals surface area contributed by atoms with Gasteiger partial charge in [0, 0.05) is 24.8 Å². The Morgan fingerprint density at radius 1 is 1.09 bits per heavy atom. The second kappa shape index (κ2) is 9.20. The van der Waals surface area contributed by atoms with Crippen LogP contribution in [-0.4, -0.2) is 40.9 Å². The Morgan fingerprint density at radius 3 is 2.56 bits per heavy atom. The van der Waals surface area contributed by atoms with Crippen molar-refractivity contribution in [2.45, 2.75) is 41.1 Å². The monoisotopic (exact) mass is 484 g/mol. The van der Waals surface area contributed by atoms with Gasteiger partial charge in [0.15, 0.2) is 0 Å². The highest BCUT2D eigenvalue weighted by atomic mass is 32.2. The first-order valence-electron chi connectivity index (χ1n) is 9.83. The van der Waals surface area contributed by atoms with Gasteiger partial charge in [0.25, 0.3) is 0 Å². The quantitative estimate of drug-likeness (QED) is 0.472. The molecule has 0 N–H and O–H groups in total. The van der Waals surface area contributed by atoms with Crippen molar-refractivity contribution in [1.29, 1.82) is 0 Å². The molecule has 1 aliphatic heterocycles. The van der Waals surface area contributed by atoms with Crippen LogP contribution in [0.4, 0.5) is 13.2 Å². The normalized spacial score (nSPS) is 15.7. The molecule has 0 bridgehead atoms. The Kier molecular flexibility index (Phi) is 6.54. The Balaban J connectivity index is 1.40. The Hall–Kier alpha value is -2.44. The highest BCUT2D eigenvalue weighted by molar-refractivity contribution is 7.98. The number of rotatable bonds is 6. The molecule has 2 aromatic heterocycles. The molecule has 170 valence electrons. The van der Waals surface area contributed by atoms with E-state index in [9.17, 15) is 21.6 Å². The summed E-state index contributed by atoms with van der Waals surface area (Å²) < 4.78 is 70.6. The number of thioether (sulfide) groups is 1. The Morgan fingerprint density at radius 2 is 1.88 bits per heavy atom. The SMILES string of the molecule is O=S(=O)(c1ccc(SCc2nc(-c3cccc(C(F)(F)F)c3)no2)nc1)N1CCCCC1. The van der Waals surface area contributed by atoms with E-state index in [1.807, 2.05) is 0 Å². The van der Waals surface area contributed by atoms with Crippen molar-refractivity contribution in [1.82, 2.24) is 19.4 Å². The summed E-state index contributed by atoms with van der Waals surface area (Å²) in [5.74, 6) is 0.508. The molecule has 0 atom stereocenters. The van der Waals surface area contributed by atoms with Gasteiger partial charge in [-0.1, -0.05) is 35.5 Å². The molecule has 1 fully saturated rings. The fourth-order valence-electron chi connectivity index (χ4n) is 3.26. The van der Waals surface area contributed by atoms with Crippen LogP contribution in [-0.2, 0) is 22.0 Å². The molecular weight excluding hydrogens is 465 g/mol. The van der Waals surface area contributed by atoms with E-state index in [0.717, 1.165) is 31.4 Å². The molecule has 3 aromatic rings. The molecule has 0 aliphatic carbocycles. The van der Waals surface area contributed by atoms with Crippen LogP contribution in [0, 0.1) is 0 Å². The molecule has 1 aliphatic rings. The number of sulfonamides is 1. The first-order valence-corrected chi connectivity index (χ1v) is 12.3. The number of piperidine rings is 1. The third-order valence-electron chi connectivity index (χ3n) is 4.92. The minimum Gasteiger partial charge on any atom is -0.338 e. The molecule has 4 rings (SSSR count). The largest absolute Gasteiger partial charge is 0.416 e. The van der Waals surface area contributed by atoms with E-state index in [2.05, 4.69) is 15.1 Å². The minimum absolute atomic E-state index is 0.0580. The maximum atomic E-state index is 12.9. The number of hydrogen-bond donors (Lipinski definition) is 0. The summed E-state index contributed by atoms with van der Waals surface area (Å²) in [7, 11) is -3.55. The molecule has 32 heavy (non-hydrogen) atoms. The topological polar surface area (TPSA) is 89.2 Å². The standard InChI is InChI=1S/C20H19F3N4O3S2/c21-20(22,23)15-6-4-5-14(11-15)19-25-17(30-26-19)13-31-18-8-7-16(12-24-18)32(28,29)27-9-2-1-3-10-27/h4-8,11-12H,1-3,9-10,13H2. The molecule has 0 amide bonds. The van der Waals surface area contributed by atoms with Gasteiger partial charge in [-0.15, -0.1) is 0 Å². The highest BCUT2D eigenvalue weighted by Gasteiger charge is 2.31. The van der Waals surface area contributed by atoms with Crippen LogP contribution in [0.2, 0.25) is 0 Å². The van der Waals surface area contributed by atoms with Crippen LogP contribution in [0.3, 0.4) is 0 Å². The van der Waals surface area contributed by atoms with Gasteiger partial charge < -0.3 is 4.52 Å². The second-order valence-electron chi connectivity index (χ2n) is 7.18. The maximum Gasteiger partial charge on any atom is 0.416 e. The second-order valence-corrected chi connectivity index (χ2v) is 10.1. The average Bonchev–Trinajstić information content (AvgIpc) is 3.27. The van der Waals surface area contributed by atoms with Crippen molar-refractivity contribution >= 4 is 21.8 Å². The molecule has 0 spiro atoms. The number of hydrogen-bond acceptors (Lipinski definition) is 7. The van der Waals surface area contributed by atoms with Crippen molar-refractivity contribution < 1.29 is 26.1 Å². The lowest BCUT2D eigenvalue weighted by Gasteiger charge is -2.25. The summed E-state index contributed by atoms with van der Waals surface area (Å²) in [5.41, 5.74) is -0.593. The number of pyridine rings is 1. The number of nitrogens with zero attached hydrogens (tertiary/aromatic N) is 4. The summed E-state index contributed by atoms with van der Waals surface area (Å²) in [6.45, 7) is 1.04. The zero-order valence-corrected chi connectivity index (χ0v) is 18.4. The van der Waals surface area contributed by atoms with Crippen LogP contribution in [0.5, 0.6) is 0 Å². The Labute approximate surface area is 187 Å². The smallest absolute Gasteiger partial charge is 0.338 e. The van der Waals surface area contributed by atoms with Gasteiger partial charge in [-0.3, -0.25) is 0 Å². The number of aromatic nitrogens is 3. The first kappa shape index (κ1) is 22.7. The van der Waals surface area contributed by atoms with Crippen LogP contribution >= 0.6 is 11.8 Å². The fourth-order valence-corrected chi connectivity index (χ4v) is 5.40. The van der Waals surface area contributed by atoms with Gasteiger partial charge in [0.2, 0.25) is 21.7 Å². The van der Waals surface area contributed by atoms with Gasteiger partial charge in [-0.2, -0.15) is 22.5 Å². The molecule has 1 aromatic carbocycles. The minimum atomic E-state index is -4.46. The zero-order chi connectivity index (χ0) is 22.8. The molecule has 12 heteroatoms. The lowest BCUT2D eigenvalue weighted by atomic mass is 10.1. The van der Waals surface area contributed by atoms with Crippen molar-refractivity contribution in [3.8, 4) is 11.4 Å². The summed E-state index contributed by atoms with van der Waals surface area (Å²) in [6, 6.07) is 7.81. The first-order chi connectivity index (χ1) is 15.2. The van der Waals surface area contributed by atoms with Crippen molar-refractivity contribution in [2.75, 3.05) is 13.1 Å². The molecule has 0 saturated carbocycles. The van der Waals surface area contributed by atoms with E-state index in [0.29, 0.717) is 18.1 Å². The zero-order valence-electron chi connectivity index (χ0n) is 16.7. The van der Waals surface area contributed by atoms with E-state index in [4.69, 9.17) is 4.52 Å². The van der Waals surface area contributed by atoms with E-state index in [-0.39, 0.29) is 27.9 Å². The number of halogens is 3. The van der Waals surface area contributed by atoms with Gasteiger partial charge in [0.1, 0.15) is 4.90 Å². The van der Waals surface area contributed by atoms with E-state index >= 15 is 0 Å². The maximum absolute atomic E-state index is 12.9. The molecule has 1 saturated heterocycles. The molecular formula is C20H19F3N4O3S2. The molecule has 0 unspecified atom stereocenters. The summed E-state index contributed by atoms with van der Waals surface area (Å²) in [4.78, 5) is 8.49. The van der Waals surface area contributed by atoms with Crippen molar-refractivity contribution in [2.24, 2.45) is 0 Å². The average molecular weight is 485 g/mol. The van der Waals surface area contributed by atoms with Crippen LogP contribution < -0.4 is 0 Å². The summed E-state index contributed by atoms with van der Waals surface area (Å²) in [6.07, 6.45) is -0.391. The van der Waals surface area contributed by atoms with Gasteiger partial charge in [-0.05, 0) is 37.1 Å². The predicted octanol–water partition coefficient (Wildman–Crippen LogP) is 4.62. The van der Waals surface area contributed by atoms with Gasteiger partial charge in [0.05, 0.1) is 16.3 Å². The lowest BCUT2D eigenvalue weighted by molar-refractivity contribution is -0.137. The molecule has 7 nitrogen and oxygen atoms in total. The van der Waals surface area contributed by atoms with Crippen LogP contribution in [0.1, 0.15) is 30.7 Å². The third-order valence-corrected chi connectivity index (χ3v) is 7.73. The molecule has 0 radical (unpaired) electrons. The summed E-state index contributed by atoms with van der Waals surface area (Å²) in [5, 5.41) is 4.30. The third kappa shape index (κ3) is 5.13. The van der Waals surface area contributed by atoms with E-state index in [1.165, 1.54) is 40.5 Å². The van der Waals surface area contributed by atoms with Crippen LogP contribution in [0.25, 0.3) is 11.4 Å². The lowest BCUT2D eigenvalue weighted by Crippen LogP contribution is -2.35. The summed E-state index contributed by atoms with van der Waals surface area (Å²) >= 11 is 1.25. The van der Waals surface area contributed by atoms with Gasteiger partial charge >= 0.3 is 6.18 Å². The molecule has 3 heterocycles. The number of benzene rings is 1. The van der Waals surface area contributed by atoms with Crippen molar-refractivity contribution in [3.63, 3.8) is 0 Å². The van der Waals surface area contributed by atoms with Crippen LogP contribution in [0.15, 0.2) is 57.0 Å². The van der Waals surface area contributed by atoms with E-state index in [1.54, 1.807) is 6.07 Å². The Bertz CT molecular complexity index is 1180. The highest BCUT2D eigenvalue weighted by Crippen LogP contribution is 2.32. The van der Waals surface area contributed by atoms with E-state index < -0.39 is 21.8 Å². The van der Waals surface area contributed by atoms with Gasteiger partial charge in [-0.25, -0.2) is 13.4 Å². The fraction of sp³-hybridized carbons (Fsp3) is 0.350.